The van der Waals surface area contributed by atoms with Gasteiger partial charge >= 0.3 is 17.9 Å². The van der Waals surface area contributed by atoms with Gasteiger partial charge in [0.1, 0.15) is 36.2 Å². The van der Waals surface area contributed by atoms with Gasteiger partial charge in [0, 0.05) is 30.6 Å². The van der Waals surface area contributed by atoms with Crippen LogP contribution in [0.5, 0.6) is 0 Å². The molecule has 14 heteroatoms. The summed E-state index contributed by atoms with van der Waals surface area (Å²) in [6, 6.07) is 15.8. The molecule has 0 amide bonds. The van der Waals surface area contributed by atoms with E-state index in [2.05, 4.69) is 5.32 Å². The van der Waals surface area contributed by atoms with Crippen molar-refractivity contribution in [2.45, 2.75) is 147 Å². The molecule has 13 atom stereocenters. The summed E-state index contributed by atoms with van der Waals surface area (Å²) < 4.78 is 30.5. The maximum Gasteiger partial charge on any atom is 0.338 e. The molecule has 2 unspecified atom stereocenters. The number of hydrogen-bond acceptors (Lipinski definition) is 14. The molecule has 1 aliphatic heterocycles. The molecule has 0 radical (unpaired) electrons. The summed E-state index contributed by atoms with van der Waals surface area (Å²) in [5.41, 5.74) is -6.70. The normalized spacial score (nSPS) is 35.7. The molecule has 58 heavy (non-hydrogen) atoms. The number of hydrogen-bond donors (Lipinski definition) is 6. The Morgan fingerprint density at radius 3 is 2.10 bits per heavy atom. The van der Waals surface area contributed by atoms with Gasteiger partial charge in [0.05, 0.1) is 41.9 Å². The van der Waals surface area contributed by atoms with E-state index in [0.29, 0.717) is 5.56 Å². The van der Waals surface area contributed by atoms with E-state index >= 15 is 0 Å². The van der Waals surface area contributed by atoms with Crippen molar-refractivity contribution in [1.29, 1.82) is 0 Å². The summed E-state index contributed by atoms with van der Waals surface area (Å²) in [5, 5.41) is 65.1. The summed E-state index contributed by atoms with van der Waals surface area (Å²) in [6.45, 7) is 14.7. The molecule has 4 aliphatic rings. The number of esters is 3. The molecule has 14 nitrogen and oxygen atoms in total. The van der Waals surface area contributed by atoms with Gasteiger partial charge in [-0.15, -0.1) is 0 Å². The van der Waals surface area contributed by atoms with Crippen LogP contribution in [0.4, 0.5) is 0 Å². The third-order valence-corrected chi connectivity index (χ3v) is 13.1. The predicted molar refractivity (Wildman–Crippen MR) is 209 cm³/mol. The van der Waals surface area contributed by atoms with E-state index in [-0.39, 0.29) is 29.7 Å². The second-order valence-corrected chi connectivity index (χ2v) is 18.2. The molecule has 0 aromatic heterocycles. The maximum atomic E-state index is 14.2. The van der Waals surface area contributed by atoms with Gasteiger partial charge in [-0.3, -0.25) is 10.1 Å². The molecule has 0 spiro atoms. The second kappa shape index (κ2) is 15.7. The SMILES string of the molecule is CC(=O)O[C@@]12CO[C@@H]1C[C@H](O)[C@@]1(C)C(O)[C@H](O)C3=C(C)[C@@H](OC(=O)[C@H](O)[C@@H](NC(C)OC(C)(C)C)c4ccccc4)C[C@@](O)([C@@H](OC(=O)c4ccccc4)[C@H]21)C3(C)C. The zero-order valence-corrected chi connectivity index (χ0v) is 34.7. The molecule has 6 N–H and O–H groups in total. The Bertz CT molecular complexity index is 1880. The molecule has 3 aliphatic carbocycles. The van der Waals surface area contributed by atoms with E-state index in [1.54, 1.807) is 76.2 Å². The lowest BCUT2D eigenvalue weighted by atomic mass is 9.44. The summed E-state index contributed by atoms with van der Waals surface area (Å²) >= 11 is 0. The predicted octanol–water partition coefficient (Wildman–Crippen LogP) is 3.28. The fourth-order valence-corrected chi connectivity index (χ4v) is 10.2. The molecule has 318 valence electrons. The third-order valence-electron chi connectivity index (χ3n) is 13.1. The highest BCUT2D eigenvalue weighted by atomic mass is 16.6. The minimum atomic E-state index is -2.26. The van der Waals surface area contributed by atoms with Crippen molar-refractivity contribution >= 4 is 17.9 Å². The molecule has 3 fully saturated rings. The minimum Gasteiger partial charge on any atom is -0.456 e. The minimum absolute atomic E-state index is 0.0899. The maximum absolute atomic E-state index is 14.2. The zero-order valence-electron chi connectivity index (χ0n) is 34.7. The van der Waals surface area contributed by atoms with Crippen LogP contribution < -0.4 is 5.32 Å². The number of rotatable bonds is 10. The highest BCUT2D eigenvalue weighted by Gasteiger charge is 2.77. The van der Waals surface area contributed by atoms with Gasteiger partial charge in [0.25, 0.3) is 0 Å². The van der Waals surface area contributed by atoms with Gasteiger partial charge in [-0.05, 0) is 63.5 Å². The molecule has 2 saturated carbocycles. The van der Waals surface area contributed by atoms with Crippen molar-refractivity contribution in [3.8, 4) is 0 Å². The molecular weight excluding hydrogens is 750 g/mol. The van der Waals surface area contributed by atoms with Crippen molar-refractivity contribution in [3.63, 3.8) is 0 Å². The van der Waals surface area contributed by atoms with E-state index in [1.807, 2.05) is 20.8 Å². The smallest absolute Gasteiger partial charge is 0.338 e. The molecule has 2 aromatic carbocycles. The number of ether oxygens (including phenoxy) is 5. The van der Waals surface area contributed by atoms with Gasteiger partial charge in [-0.2, -0.15) is 0 Å². The first-order valence-electron chi connectivity index (χ1n) is 19.9. The van der Waals surface area contributed by atoms with Crippen molar-refractivity contribution in [2.24, 2.45) is 16.7 Å². The Balaban J connectivity index is 1.48. The number of fused-ring (bicyclic) bond motifs is 5. The van der Waals surface area contributed by atoms with E-state index in [0.717, 1.165) is 0 Å². The lowest BCUT2D eigenvalue weighted by Crippen LogP contribution is -2.82. The summed E-state index contributed by atoms with van der Waals surface area (Å²) in [6.07, 6.45) is -11.9. The number of aliphatic hydroxyl groups is 5. The van der Waals surface area contributed by atoms with E-state index < -0.39 is 113 Å². The van der Waals surface area contributed by atoms with Crippen LogP contribution in [0.2, 0.25) is 0 Å². The Kier molecular flexibility index (Phi) is 11.9. The first kappa shape index (κ1) is 43.8. The lowest BCUT2D eigenvalue weighted by Gasteiger charge is -2.69. The Morgan fingerprint density at radius 1 is 0.948 bits per heavy atom. The molecule has 1 heterocycles. The van der Waals surface area contributed by atoms with Crippen LogP contribution in [0.1, 0.15) is 97.1 Å². The molecule has 6 rings (SSSR count). The molecule has 2 aromatic rings. The fourth-order valence-electron chi connectivity index (χ4n) is 10.2. The highest BCUT2D eigenvalue weighted by molar-refractivity contribution is 5.89. The standard InChI is InChI=1S/C44H59NO13/c1-23-28(55-39(52)34(49)32(26-16-12-10-13-17-26)45-24(2)57-40(4,5)6)21-44(53)37(56-38(51)27-18-14-11-15-19-27)35-42(9,36(50)33(48)31(23)41(44,7)8)29(47)20-30-43(35,22-54-30)58-25(3)46/h10-19,24,28-30,32-37,45,47-50,53H,20-22H2,1-9H3/t24?,28-,29-,30+,32-,33+,34+,35-,36?,37-,42+,43-,44+/m0/s1. The number of carbonyl (C=O) groups is 3. The monoisotopic (exact) mass is 809 g/mol. The van der Waals surface area contributed by atoms with E-state index in [4.69, 9.17) is 23.7 Å². The van der Waals surface area contributed by atoms with Crippen LogP contribution in [0.3, 0.4) is 0 Å². The average molecular weight is 810 g/mol. The Hall–Kier alpha value is -3.73. The van der Waals surface area contributed by atoms with E-state index in [1.165, 1.54) is 26.0 Å². The molecular formula is C44H59NO13. The Morgan fingerprint density at radius 2 is 1.55 bits per heavy atom. The van der Waals surface area contributed by atoms with Gasteiger partial charge in [-0.25, -0.2) is 9.59 Å². The molecule has 2 bridgehead atoms. The number of aliphatic hydroxyl groups excluding tert-OH is 4. The Labute approximate surface area is 339 Å². The average Bonchev–Trinajstić information content (AvgIpc) is 3.14. The van der Waals surface area contributed by atoms with Crippen molar-refractivity contribution in [2.75, 3.05) is 6.61 Å². The van der Waals surface area contributed by atoms with Crippen molar-refractivity contribution in [1.82, 2.24) is 5.32 Å². The van der Waals surface area contributed by atoms with Crippen LogP contribution in [-0.2, 0) is 33.3 Å². The zero-order chi connectivity index (χ0) is 42.7. The first-order valence-corrected chi connectivity index (χ1v) is 19.9. The summed E-state index contributed by atoms with van der Waals surface area (Å²) in [4.78, 5) is 41.2. The summed E-state index contributed by atoms with van der Waals surface area (Å²) in [5.74, 6) is -4.02. The number of nitrogens with one attached hydrogen (secondary N) is 1. The number of benzene rings is 2. The summed E-state index contributed by atoms with van der Waals surface area (Å²) in [7, 11) is 0. The van der Waals surface area contributed by atoms with Crippen molar-refractivity contribution < 1.29 is 63.6 Å². The van der Waals surface area contributed by atoms with Crippen LogP contribution in [0.15, 0.2) is 71.8 Å². The molecule has 1 saturated heterocycles. The van der Waals surface area contributed by atoms with Gasteiger partial charge < -0.3 is 49.2 Å². The largest absolute Gasteiger partial charge is 0.456 e. The highest BCUT2D eigenvalue weighted by Crippen LogP contribution is 2.65. The second-order valence-electron chi connectivity index (χ2n) is 18.2. The quantitative estimate of drug-likeness (QED) is 0.0881. The first-order chi connectivity index (χ1) is 27.0. The fraction of sp³-hybridized carbons (Fsp3) is 0.614. The topological polar surface area (TPSA) is 211 Å². The van der Waals surface area contributed by atoms with Crippen LogP contribution in [0, 0.1) is 16.7 Å². The van der Waals surface area contributed by atoms with Crippen molar-refractivity contribution in [3.05, 3.63) is 82.9 Å². The lowest BCUT2D eigenvalue weighted by molar-refractivity contribution is -0.365. The van der Waals surface area contributed by atoms with Gasteiger partial charge in [0.2, 0.25) is 0 Å². The van der Waals surface area contributed by atoms with Gasteiger partial charge in [0.15, 0.2) is 11.7 Å². The number of carbonyl (C=O) groups excluding carboxylic acids is 3. The van der Waals surface area contributed by atoms with E-state index in [9.17, 15) is 39.9 Å². The van der Waals surface area contributed by atoms with Crippen LogP contribution in [0.25, 0.3) is 0 Å². The van der Waals surface area contributed by atoms with Crippen LogP contribution >= 0.6 is 0 Å². The third kappa shape index (κ3) is 7.40. The van der Waals surface area contributed by atoms with Crippen LogP contribution in [-0.4, -0.2) is 116 Å². The van der Waals surface area contributed by atoms with Gasteiger partial charge in [-0.1, -0.05) is 69.3 Å².